The first-order valence-electron chi connectivity index (χ1n) is 6.57. The molecule has 2 aliphatic rings. The van der Waals surface area contributed by atoms with Crippen molar-refractivity contribution in [3.8, 4) is 0 Å². The molecule has 88 valence electrons. The van der Waals surface area contributed by atoms with Crippen LogP contribution in [-0.4, -0.2) is 6.10 Å². The quantitative estimate of drug-likeness (QED) is 0.667. The van der Waals surface area contributed by atoms with Crippen LogP contribution in [0.4, 0.5) is 4.53 Å². The molecule has 0 spiro atoms. The molecule has 0 amide bonds. The van der Waals surface area contributed by atoms with Gasteiger partial charge in [0.05, 0.1) is 6.10 Å². The first-order valence-corrected chi connectivity index (χ1v) is 6.57. The SMILES string of the molecule is CC1CCC(C2CCC(OF)CC2)CC1. The van der Waals surface area contributed by atoms with Gasteiger partial charge in [-0.05, 0) is 60.8 Å². The molecule has 0 aromatic heterocycles. The van der Waals surface area contributed by atoms with E-state index in [1.807, 2.05) is 0 Å². The lowest BCUT2D eigenvalue weighted by Crippen LogP contribution is -2.27. The molecule has 0 bridgehead atoms. The van der Waals surface area contributed by atoms with Crippen molar-refractivity contribution >= 4 is 0 Å². The van der Waals surface area contributed by atoms with E-state index in [0.717, 1.165) is 30.6 Å². The third-order valence-corrected chi connectivity index (χ3v) is 4.57. The summed E-state index contributed by atoms with van der Waals surface area (Å²) in [4.78, 5) is 3.94. The Kier molecular flexibility index (Phi) is 4.01. The molecule has 1 nitrogen and oxygen atoms in total. The number of rotatable bonds is 2. The summed E-state index contributed by atoms with van der Waals surface area (Å²) in [6.45, 7) is 2.37. The molecule has 0 saturated heterocycles. The second-order valence-electron chi connectivity index (χ2n) is 5.65. The second-order valence-corrected chi connectivity index (χ2v) is 5.65. The van der Waals surface area contributed by atoms with Gasteiger partial charge in [0.25, 0.3) is 0 Å². The van der Waals surface area contributed by atoms with Gasteiger partial charge in [0.2, 0.25) is 0 Å². The zero-order valence-electron chi connectivity index (χ0n) is 9.75. The highest BCUT2D eigenvalue weighted by molar-refractivity contribution is 4.81. The Hall–Kier alpha value is -0.110. The molecule has 2 rings (SSSR count). The molecule has 0 unspecified atom stereocenters. The maximum Gasteiger partial charge on any atom is 0.0983 e. The zero-order valence-corrected chi connectivity index (χ0v) is 9.75. The molecule has 0 aliphatic heterocycles. The summed E-state index contributed by atoms with van der Waals surface area (Å²) < 4.78 is 12.0. The van der Waals surface area contributed by atoms with Gasteiger partial charge in [0, 0.05) is 0 Å². The predicted molar refractivity (Wildman–Crippen MR) is 59.1 cm³/mol. The predicted octanol–water partition coefficient (Wildman–Crippen LogP) is 4.27. The number of halogens is 1. The van der Waals surface area contributed by atoms with Crippen molar-refractivity contribution in [3.05, 3.63) is 0 Å². The summed E-state index contributed by atoms with van der Waals surface area (Å²) in [5.41, 5.74) is 0. The van der Waals surface area contributed by atoms with E-state index in [1.54, 1.807) is 0 Å². The Bertz CT molecular complexity index is 179. The van der Waals surface area contributed by atoms with Crippen molar-refractivity contribution in [2.75, 3.05) is 0 Å². The van der Waals surface area contributed by atoms with E-state index in [0.29, 0.717) is 0 Å². The lowest BCUT2D eigenvalue weighted by Gasteiger charge is -2.36. The molecule has 2 aliphatic carbocycles. The molecule has 0 aromatic carbocycles. The standard InChI is InChI=1S/C13H23FO/c1-10-2-4-11(5-3-10)12-6-8-13(15-14)9-7-12/h10-13H,2-9H2,1H3. The van der Waals surface area contributed by atoms with Crippen LogP contribution in [0.5, 0.6) is 0 Å². The van der Waals surface area contributed by atoms with Gasteiger partial charge in [-0.3, -0.25) is 0 Å². The minimum absolute atomic E-state index is 0.0937. The Morgan fingerprint density at radius 2 is 1.27 bits per heavy atom. The Morgan fingerprint density at radius 3 is 1.73 bits per heavy atom. The van der Waals surface area contributed by atoms with Crippen molar-refractivity contribution in [3.63, 3.8) is 0 Å². The fourth-order valence-electron chi connectivity index (χ4n) is 3.41. The smallest absolute Gasteiger partial charge is 0.0983 e. The summed E-state index contributed by atoms with van der Waals surface area (Å²) in [6.07, 6.45) is 9.79. The molecule has 15 heavy (non-hydrogen) atoms. The van der Waals surface area contributed by atoms with Crippen molar-refractivity contribution in [1.82, 2.24) is 0 Å². The summed E-state index contributed by atoms with van der Waals surface area (Å²) in [6, 6.07) is 0. The molecule has 0 radical (unpaired) electrons. The fourth-order valence-corrected chi connectivity index (χ4v) is 3.41. The topological polar surface area (TPSA) is 9.23 Å². The molecule has 0 heterocycles. The van der Waals surface area contributed by atoms with Gasteiger partial charge in [-0.1, -0.05) is 19.8 Å². The van der Waals surface area contributed by atoms with Crippen molar-refractivity contribution in [1.29, 1.82) is 0 Å². The van der Waals surface area contributed by atoms with Gasteiger partial charge in [0.1, 0.15) is 0 Å². The summed E-state index contributed by atoms with van der Waals surface area (Å²) >= 11 is 0. The van der Waals surface area contributed by atoms with Gasteiger partial charge in [-0.15, -0.1) is 0 Å². The minimum atomic E-state index is -0.0937. The normalized spacial score (nSPS) is 42.8. The highest BCUT2D eigenvalue weighted by Gasteiger charge is 2.30. The first-order chi connectivity index (χ1) is 7.29. The monoisotopic (exact) mass is 214 g/mol. The Labute approximate surface area is 92.3 Å². The van der Waals surface area contributed by atoms with Crippen molar-refractivity contribution in [2.45, 2.75) is 64.4 Å². The van der Waals surface area contributed by atoms with Gasteiger partial charge in [-0.25, -0.2) is 0 Å². The van der Waals surface area contributed by atoms with Crippen LogP contribution in [0.25, 0.3) is 0 Å². The van der Waals surface area contributed by atoms with E-state index in [9.17, 15) is 4.53 Å². The van der Waals surface area contributed by atoms with Crippen LogP contribution in [0.15, 0.2) is 0 Å². The molecule has 2 heteroatoms. The highest BCUT2D eigenvalue weighted by atomic mass is 19.3. The second kappa shape index (κ2) is 5.29. The average molecular weight is 214 g/mol. The Morgan fingerprint density at radius 1 is 0.800 bits per heavy atom. The summed E-state index contributed by atoms with van der Waals surface area (Å²) in [5.74, 6) is 2.73. The summed E-state index contributed by atoms with van der Waals surface area (Å²) in [7, 11) is 0. The molecular weight excluding hydrogens is 191 g/mol. The van der Waals surface area contributed by atoms with E-state index in [1.165, 1.54) is 38.5 Å². The van der Waals surface area contributed by atoms with E-state index in [-0.39, 0.29) is 6.10 Å². The van der Waals surface area contributed by atoms with Crippen LogP contribution in [0.3, 0.4) is 0 Å². The highest BCUT2D eigenvalue weighted by Crippen LogP contribution is 2.40. The minimum Gasteiger partial charge on any atom is -0.191 e. The molecule has 0 aromatic rings. The maximum atomic E-state index is 12.0. The number of hydrogen-bond acceptors (Lipinski definition) is 1. The molecule has 2 saturated carbocycles. The maximum absolute atomic E-state index is 12.0. The van der Waals surface area contributed by atoms with Crippen molar-refractivity contribution in [2.24, 2.45) is 17.8 Å². The zero-order chi connectivity index (χ0) is 10.7. The fraction of sp³-hybridized carbons (Fsp3) is 1.00. The van der Waals surface area contributed by atoms with Gasteiger partial charge < -0.3 is 0 Å². The van der Waals surface area contributed by atoms with Crippen LogP contribution >= 0.6 is 0 Å². The molecule has 0 atom stereocenters. The third-order valence-electron chi connectivity index (χ3n) is 4.57. The number of hydrogen-bond donors (Lipinski definition) is 0. The van der Waals surface area contributed by atoms with Crippen LogP contribution < -0.4 is 0 Å². The lowest BCUT2D eigenvalue weighted by molar-refractivity contribution is -0.191. The molecule has 2 fully saturated rings. The van der Waals surface area contributed by atoms with Gasteiger partial charge >= 0.3 is 0 Å². The van der Waals surface area contributed by atoms with Crippen LogP contribution in [-0.2, 0) is 4.94 Å². The lowest BCUT2D eigenvalue weighted by atomic mass is 9.71. The van der Waals surface area contributed by atoms with Gasteiger partial charge in [0.15, 0.2) is 0 Å². The first kappa shape index (κ1) is 11.4. The van der Waals surface area contributed by atoms with E-state index in [2.05, 4.69) is 11.9 Å². The Balaban J connectivity index is 1.75. The third kappa shape index (κ3) is 2.93. The van der Waals surface area contributed by atoms with Crippen molar-refractivity contribution < 1.29 is 9.47 Å². The van der Waals surface area contributed by atoms with E-state index >= 15 is 0 Å². The summed E-state index contributed by atoms with van der Waals surface area (Å²) in [5, 5.41) is 0. The average Bonchev–Trinajstić information content (AvgIpc) is 2.30. The van der Waals surface area contributed by atoms with Crippen LogP contribution in [0.1, 0.15) is 58.3 Å². The van der Waals surface area contributed by atoms with Crippen LogP contribution in [0, 0.1) is 17.8 Å². The largest absolute Gasteiger partial charge is 0.191 e. The van der Waals surface area contributed by atoms with E-state index in [4.69, 9.17) is 0 Å². The van der Waals surface area contributed by atoms with Gasteiger partial charge in [-0.2, -0.15) is 4.94 Å². The molecular formula is C13H23FO. The van der Waals surface area contributed by atoms with Crippen LogP contribution in [0.2, 0.25) is 0 Å². The molecule has 0 N–H and O–H groups in total. The van der Waals surface area contributed by atoms with E-state index < -0.39 is 0 Å².